The van der Waals surface area contributed by atoms with Crippen LogP contribution in [-0.4, -0.2) is 56.0 Å². The molecule has 0 aromatic carbocycles. The van der Waals surface area contributed by atoms with E-state index in [0.29, 0.717) is 11.8 Å². The number of carbonyl (C=O) groups is 1. The van der Waals surface area contributed by atoms with Gasteiger partial charge >= 0.3 is 6.09 Å². The number of hydrogen-bond acceptors (Lipinski definition) is 4. The first-order valence-corrected chi connectivity index (χ1v) is 9.04. The highest BCUT2D eigenvalue weighted by molar-refractivity contribution is 5.68. The first-order valence-electron chi connectivity index (χ1n) is 9.04. The topological polar surface area (TPSA) is 50.8 Å². The molecule has 1 saturated heterocycles. The molecule has 23 heavy (non-hydrogen) atoms. The molecule has 0 aliphatic carbocycles. The summed E-state index contributed by atoms with van der Waals surface area (Å²) in [6.07, 6.45) is 3.01. The van der Waals surface area contributed by atoms with Gasteiger partial charge in [0.05, 0.1) is 6.61 Å². The van der Waals surface area contributed by atoms with Crippen molar-refractivity contribution in [1.29, 1.82) is 0 Å². The van der Waals surface area contributed by atoms with Gasteiger partial charge in [-0.2, -0.15) is 0 Å². The van der Waals surface area contributed by atoms with Crippen LogP contribution in [0, 0.1) is 11.8 Å². The van der Waals surface area contributed by atoms with E-state index in [1.807, 2.05) is 25.7 Å². The van der Waals surface area contributed by atoms with Crippen molar-refractivity contribution in [2.75, 3.05) is 39.4 Å². The fourth-order valence-electron chi connectivity index (χ4n) is 2.62. The van der Waals surface area contributed by atoms with Crippen LogP contribution in [0.3, 0.4) is 0 Å². The third kappa shape index (κ3) is 9.82. The predicted molar refractivity (Wildman–Crippen MR) is 93.7 cm³/mol. The number of likely N-dealkylation sites (tertiary alicyclic amines) is 1. The van der Waals surface area contributed by atoms with E-state index in [1.54, 1.807) is 0 Å². The van der Waals surface area contributed by atoms with Gasteiger partial charge in [0, 0.05) is 26.2 Å². The number of hydrogen-bond donors (Lipinski definition) is 1. The molecule has 5 heteroatoms. The van der Waals surface area contributed by atoms with Crippen molar-refractivity contribution in [3.05, 3.63) is 0 Å². The summed E-state index contributed by atoms with van der Waals surface area (Å²) in [6.45, 7) is 15.3. The molecule has 1 amide bonds. The second kappa shape index (κ2) is 10.1. The number of nitrogens with zero attached hydrogens (tertiary/aromatic N) is 1. The van der Waals surface area contributed by atoms with Gasteiger partial charge in [-0.25, -0.2) is 4.79 Å². The Bertz CT molecular complexity index is 332. The summed E-state index contributed by atoms with van der Waals surface area (Å²) in [5.74, 6) is 1.35. The van der Waals surface area contributed by atoms with E-state index in [9.17, 15) is 4.79 Å². The highest BCUT2D eigenvalue weighted by Gasteiger charge is 2.26. The van der Waals surface area contributed by atoms with Crippen molar-refractivity contribution in [2.24, 2.45) is 11.8 Å². The van der Waals surface area contributed by atoms with Gasteiger partial charge in [-0.3, -0.25) is 0 Å². The van der Waals surface area contributed by atoms with E-state index in [1.165, 1.54) is 0 Å². The zero-order chi connectivity index (χ0) is 17.3. The minimum atomic E-state index is -0.411. The average Bonchev–Trinajstić information content (AvgIpc) is 2.44. The lowest BCUT2D eigenvalue weighted by molar-refractivity contribution is 0.0167. The van der Waals surface area contributed by atoms with Crippen LogP contribution in [0.25, 0.3) is 0 Å². The lowest BCUT2D eigenvalue weighted by atomic mass is 9.94. The maximum atomic E-state index is 12.0. The molecule has 0 aromatic rings. The molecule has 0 aromatic heterocycles. The fourth-order valence-corrected chi connectivity index (χ4v) is 2.62. The predicted octanol–water partition coefficient (Wildman–Crippen LogP) is 3.29. The smallest absolute Gasteiger partial charge is 0.410 e. The monoisotopic (exact) mass is 328 g/mol. The van der Waals surface area contributed by atoms with Crippen molar-refractivity contribution < 1.29 is 14.3 Å². The molecule has 0 radical (unpaired) electrons. The van der Waals surface area contributed by atoms with Crippen molar-refractivity contribution in [3.8, 4) is 0 Å². The van der Waals surface area contributed by atoms with E-state index >= 15 is 0 Å². The molecule has 1 N–H and O–H groups in total. The Labute approximate surface area is 142 Å². The highest BCUT2D eigenvalue weighted by atomic mass is 16.6. The van der Waals surface area contributed by atoms with Crippen LogP contribution < -0.4 is 5.32 Å². The first kappa shape index (κ1) is 20.2. The molecule has 0 saturated carbocycles. The Morgan fingerprint density at radius 2 is 1.87 bits per heavy atom. The van der Waals surface area contributed by atoms with E-state index in [-0.39, 0.29) is 6.09 Å². The summed E-state index contributed by atoms with van der Waals surface area (Å²) in [4.78, 5) is 13.8. The summed E-state index contributed by atoms with van der Waals surface area (Å²) in [5, 5.41) is 3.38. The molecule has 1 aliphatic rings. The largest absolute Gasteiger partial charge is 0.444 e. The normalized spacial score (nSPS) is 16.9. The zero-order valence-corrected chi connectivity index (χ0v) is 15.7. The second-order valence-corrected chi connectivity index (χ2v) is 7.91. The molecule has 1 rings (SSSR count). The molecule has 1 fully saturated rings. The third-order valence-electron chi connectivity index (χ3n) is 3.91. The number of rotatable bonds is 8. The van der Waals surface area contributed by atoms with Gasteiger partial charge in [-0.05, 0) is 58.4 Å². The average molecular weight is 328 g/mol. The number of amides is 1. The number of nitrogens with one attached hydrogen (secondary N) is 1. The SMILES string of the molecule is CC(C)CNCCOCCC1CCN(C(=O)OC(C)(C)C)CC1. The van der Waals surface area contributed by atoms with Gasteiger partial charge in [0.15, 0.2) is 0 Å². The maximum Gasteiger partial charge on any atom is 0.410 e. The summed E-state index contributed by atoms with van der Waals surface area (Å²) in [5.41, 5.74) is -0.411. The molecule has 136 valence electrons. The van der Waals surface area contributed by atoms with Crippen LogP contribution in [0.5, 0.6) is 0 Å². The van der Waals surface area contributed by atoms with Crippen molar-refractivity contribution in [2.45, 2.75) is 59.5 Å². The van der Waals surface area contributed by atoms with E-state index in [0.717, 1.165) is 58.7 Å². The molecule has 0 unspecified atom stereocenters. The maximum absolute atomic E-state index is 12.0. The second-order valence-electron chi connectivity index (χ2n) is 7.91. The minimum absolute atomic E-state index is 0.177. The zero-order valence-electron chi connectivity index (χ0n) is 15.7. The standard InChI is InChI=1S/C18H36N2O3/c1-15(2)14-19-9-13-22-12-8-16-6-10-20(11-7-16)17(21)23-18(3,4)5/h15-16,19H,6-14H2,1-5H3. The number of carbonyl (C=O) groups excluding carboxylic acids is 1. The molecule has 0 spiro atoms. The Kier molecular flexibility index (Phi) is 8.92. The van der Waals surface area contributed by atoms with Crippen LogP contribution in [0.15, 0.2) is 0 Å². The highest BCUT2D eigenvalue weighted by Crippen LogP contribution is 2.22. The van der Waals surface area contributed by atoms with Crippen LogP contribution in [0.4, 0.5) is 4.79 Å². The molecule has 5 nitrogen and oxygen atoms in total. The number of piperidine rings is 1. The van der Waals surface area contributed by atoms with Gasteiger partial charge in [0.2, 0.25) is 0 Å². The van der Waals surface area contributed by atoms with E-state index in [2.05, 4.69) is 19.2 Å². The quantitative estimate of drug-likeness (QED) is 0.695. The summed E-state index contributed by atoms with van der Waals surface area (Å²) in [7, 11) is 0. The van der Waals surface area contributed by atoms with Gasteiger partial charge in [0.25, 0.3) is 0 Å². The molecule has 1 heterocycles. The fraction of sp³-hybridized carbons (Fsp3) is 0.944. The first-order chi connectivity index (χ1) is 10.8. The summed E-state index contributed by atoms with van der Waals surface area (Å²) >= 11 is 0. The molecule has 1 aliphatic heterocycles. The van der Waals surface area contributed by atoms with Crippen LogP contribution in [-0.2, 0) is 9.47 Å². The number of ether oxygens (including phenoxy) is 2. The lowest BCUT2D eigenvalue weighted by Gasteiger charge is -2.33. The van der Waals surface area contributed by atoms with Gasteiger partial charge in [-0.1, -0.05) is 13.8 Å². The minimum Gasteiger partial charge on any atom is -0.444 e. The molecule has 0 bridgehead atoms. The molecular formula is C18H36N2O3. The Morgan fingerprint density at radius 1 is 1.22 bits per heavy atom. The van der Waals surface area contributed by atoms with Crippen molar-refractivity contribution in [1.82, 2.24) is 10.2 Å². The van der Waals surface area contributed by atoms with E-state index < -0.39 is 5.60 Å². The Morgan fingerprint density at radius 3 is 2.43 bits per heavy atom. The van der Waals surface area contributed by atoms with Gasteiger partial charge in [0.1, 0.15) is 5.60 Å². The van der Waals surface area contributed by atoms with Gasteiger partial charge in [-0.15, -0.1) is 0 Å². The third-order valence-corrected chi connectivity index (χ3v) is 3.91. The summed E-state index contributed by atoms with van der Waals surface area (Å²) in [6, 6.07) is 0. The van der Waals surface area contributed by atoms with Crippen LogP contribution in [0.1, 0.15) is 53.9 Å². The van der Waals surface area contributed by atoms with Gasteiger partial charge < -0.3 is 19.7 Å². The lowest BCUT2D eigenvalue weighted by Crippen LogP contribution is -2.41. The summed E-state index contributed by atoms with van der Waals surface area (Å²) < 4.78 is 11.1. The Balaban J connectivity index is 2.05. The van der Waals surface area contributed by atoms with Crippen LogP contribution >= 0.6 is 0 Å². The Hall–Kier alpha value is -0.810. The van der Waals surface area contributed by atoms with Crippen molar-refractivity contribution in [3.63, 3.8) is 0 Å². The van der Waals surface area contributed by atoms with E-state index in [4.69, 9.17) is 9.47 Å². The van der Waals surface area contributed by atoms with Crippen LogP contribution in [0.2, 0.25) is 0 Å². The molecule has 0 atom stereocenters. The van der Waals surface area contributed by atoms with Crippen molar-refractivity contribution >= 4 is 6.09 Å². The molecular weight excluding hydrogens is 292 g/mol.